The summed E-state index contributed by atoms with van der Waals surface area (Å²) >= 11 is 0. The third-order valence-electron chi connectivity index (χ3n) is 2.75. The van der Waals surface area contributed by atoms with Gasteiger partial charge >= 0.3 is 0 Å². The predicted octanol–water partition coefficient (Wildman–Crippen LogP) is 5.27. The first-order valence-electron chi connectivity index (χ1n) is 6.47. The summed E-state index contributed by atoms with van der Waals surface area (Å²) in [5, 5.41) is 0. The van der Waals surface area contributed by atoms with Gasteiger partial charge in [-0.15, -0.1) is 0 Å². The summed E-state index contributed by atoms with van der Waals surface area (Å²) in [6.45, 7) is 0. The van der Waals surface area contributed by atoms with Crippen LogP contribution in [0, 0.1) is 0 Å². The van der Waals surface area contributed by atoms with Crippen LogP contribution < -0.4 is 9.47 Å². The van der Waals surface area contributed by atoms with Gasteiger partial charge in [-0.1, -0.05) is 48.5 Å². The molecular formula is C18H14O2. The zero-order valence-corrected chi connectivity index (χ0v) is 10.9. The Morgan fingerprint density at radius 1 is 0.500 bits per heavy atom. The molecule has 1 heterocycles. The maximum Gasteiger partial charge on any atom is 0.170 e. The lowest BCUT2D eigenvalue weighted by Crippen LogP contribution is -1.81. The minimum Gasteiger partial charge on any atom is -0.457 e. The van der Waals surface area contributed by atoms with E-state index in [1.807, 2.05) is 84.9 Å². The first-order valence-corrected chi connectivity index (χ1v) is 6.47. The monoisotopic (exact) mass is 262 g/mol. The highest BCUT2D eigenvalue weighted by atomic mass is 16.6. The van der Waals surface area contributed by atoms with E-state index in [1.165, 1.54) is 0 Å². The van der Waals surface area contributed by atoms with E-state index >= 15 is 0 Å². The summed E-state index contributed by atoms with van der Waals surface area (Å²) in [5.41, 5.74) is 0. The van der Waals surface area contributed by atoms with Gasteiger partial charge in [-0.2, -0.15) is 0 Å². The Morgan fingerprint density at radius 2 is 0.900 bits per heavy atom. The van der Waals surface area contributed by atoms with Crippen LogP contribution in [-0.2, 0) is 0 Å². The van der Waals surface area contributed by atoms with Crippen LogP contribution in [0.15, 0.2) is 84.9 Å². The zero-order valence-electron chi connectivity index (χ0n) is 10.9. The Bertz CT molecular complexity index is 605. The Kier molecular flexibility index (Phi) is 3.65. The van der Waals surface area contributed by atoms with Crippen molar-refractivity contribution in [2.45, 2.75) is 0 Å². The van der Waals surface area contributed by atoms with Gasteiger partial charge in [-0.05, 0) is 36.4 Å². The van der Waals surface area contributed by atoms with Crippen molar-refractivity contribution in [2.75, 3.05) is 0 Å². The molecule has 0 amide bonds. The number of ether oxygens (including phenoxy) is 2. The number of fused-ring (bicyclic) bond motifs is 1. The second-order valence-electron chi connectivity index (χ2n) is 4.28. The fourth-order valence-corrected chi connectivity index (χ4v) is 1.72. The van der Waals surface area contributed by atoms with Crippen molar-refractivity contribution in [1.82, 2.24) is 0 Å². The molecule has 3 aromatic carbocycles. The Morgan fingerprint density at radius 3 is 1.30 bits per heavy atom. The van der Waals surface area contributed by atoms with Gasteiger partial charge in [0.1, 0.15) is 11.5 Å². The van der Waals surface area contributed by atoms with E-state index < -0.39 is 0 Å². The maximum atomic E-state index is 5.58. The number of rotatable bonds is 2. The molecule has 0 spiro atoms. The summed E-state index contributed by atoms with van der Waals surface area (Å²) in [5.74, 6) is 3.80. The van der Waals surface area contributed by atoms with Crippen LogP contribution in [0.1, 0.15) is 0 Å². The van der Waals surface area contributed by atoms with E-state index in [9.17, 15) is 0 Å². The largest absolute Gasteiger partial charge is 0.457 e. The highest BCUT2D eigenvalue weighted by Crippen LogP contribution is 2.43. The van der Waals surface area contributed by atoms with Crippen LogP contribution in [0.2, 0.25) is 0 Å². The fraction of sp³-hybridized carbons (Fsp3) is 0. The lowest BCUT2D eigenvalue weighted by molar-refractivity contribution is 0.482. The average Bonchev–Trinajstić information content (AvgIpc) is 3.29. The molecule has 2 heteroatoms. The lowest BCUT2D eigenvalue weighted by atomic mass is 10.3. The number of hydrogen-bond donors (Lipinski definition) is 0. The lowest BCUT2D eigenvalue weighted by Gasteiger charge is -2.03. The van der Waals surface area contributed by atoms with Crippen molar-refractivity contribution < 1.29 is 9.47 Å². The molecule has 0 saturated heterocycles. The van der Waals surface area contributed by atoms with Gasteiger partial charge in [0.2, 0.25) is 0 Å². The highest BCUT2D eigenvalue weighted by Gasteiger charge is 2.15. The molecule has 98 valence electrons. The van der Waals surface area contributed by atoms with Crippen LogP contribution in [0.3, 0.4) is 0 Å². The maximum absolute atomic E-state index is 5.58. The van der Waals surface area contributed by atoms with Crippen molar-refractivity contribution in [2.24, 2.45) is 0 Å². The smallest absolute Gasteiger partial charge is 0.170 e. The van der Waals surface area contributed by atoms with Gasteiger partial charge in [0, 0.05) is 0 Å². The third kappa shape index (κ3) is 3.39. The van der Waals surface area contributed by atoms with E-state index in [0.29, 0.717) is 0 Å². The predicted molar refractivity (Wildman–Crippen MR) is 79.5 cm³/mol. The molecule has 3 aromatic rings. The first kappa shape index (κ1) is 12.3. The molecule has 0 aliphatic carbocycles. The molecular weight excluding hydrogens is 248 g/mol. The Hall–Kier alpha value is -2.74. The van der Waals surface area contributed by atoms with E-state index in [0.717, 1.165) is 23.0 Å². The minimum absolute atomic E-state index is 0.869. The standard InChI is InChI=1S/C12H10O.C6H4O/c1-3-7-11(8-4-1)13-12-9-5-2-6-10-12;1-2-4-6-5(3-1)7-6/h1-10H;1-4H. The normalized spacial score (nSPS) is 10.4. The minimum atomic E-state index is 0.869. The molecule has 4 rings (SSSR count). The van der Waals surface area contributed by atoms with Crippen LogP contribution in [0.5, 0.6) is 23.0 Å². The summed E-state index contributed by atoms with van der Waals surface area (Å²) in [6, 6.07) is 27.4. The quantitative estimate of drug-likeness (QED) is 0.459. The molecule has 0 bridgehead atoms. The molecule has 0 N–H and O–H groups in total. The molecule has 20 heavy (non-hydrogen) atoms. The first-order chi connectivity index (χ1) is 9.92. The van der Waals surface area contributed by atoms with Crippen molar-refractivity contribution in [3.63, 3.8) is 0 Å². The molecule has 0 unspecified atom stereocenters. The second kappa shape index (κ2) is 5.93. The van der Waals surface area contributed by atoms with Crippen molar-refractivity contribution in [3.05, 3.63) is 84.9 Å². The van der Waals surface area contributed by atoms with Gasteiger partial charge in [-0.3, -0.25) is 0 Å². The van der Waals surface area contributed by atoms with Crippen LogP contribution in [0.4, 0.5) is 0 Å². The molecule has 1 aliphatic heterocycles. The van der Waals surface area contributed by atoms with Gasteiger partial charge in [0.15, 0.2) is 11.5 Å². The van der Waals surface area contributed by atoms with Crippen molar-refractivity contribution in [3.8, 4) is 23.0 Å². The molecule has 1 aliphatic rings. The molecule has 0 fully saturated rings. The second-order valence-corrected chi connectivity index (χ2v) is 4.28. The summed E-state index contributed by atoms with van der Waals surface area (Å²) < 4.78 is 10.5. The van der Waals surface area contributed by atoms with Crippen LogP contribution in [-0.4, -0.2) is 0 Å². The average molecular weight is 262 g/mol. The van der Waals surface area contributed by atoms with Gasteiger partial charge in [-0.25, -0.2) is 0 Å². The van der Waals surface area contributed by atoms with Crippen LogP contribution >= 0.6 is 0 Å². The van der Waals surface area contributed by atoms with Gasteiger partial charge in [0.25, 0.3) is 0 Å². The van der Waals surface area contributed by atoms with Gasteiger partial charge < -0.3 is 9.47 Å². The van der Waals surface area contributed by atoms with Gasteiger partial charge in [0.05, 0.1) is 0 Å². The van der Waals surface area contributed by atoms with Crippen LogP contribution in [0.25, 0.3) is 0 Å². The van der Waals surface area contributed by atoms with E-state index in [4.69, 9.17) is 9.47 Å². The number of benzene rings is 3. The summed E-state index contributed by atoms with van der Waals surface area (Å²) in [4.78, 5) is 0. The van der Waals surface area contributed by atoms with Crippen molar-refractivity contribution >= 4 is 0 Å². The SMILES string of the molecule is c1ccc(Oc2ccccc2)cc1.c1ccc2c(c1)O2. The Labute approximate surface area is 118 Å². The summed E-state index contributed by atoms with van der Waals surface area (Å²) in [7, 11) is 0. The van der Waals surface area contributed by atoms with Crippen molar-refractivity contribution in [1.29, 1.82) is 0 Å². The molecule has 0 aromatic heterocycles. The molecule has 0 radical (unpaired) electrons. The molecule has 0 saturated carbocycles. The molecule has 2 nitrogen and oxygen atoms in total. The highest BCUT2D eigenvalue weighted by molar-refractivity contribution is 5.53. The Balaban J connectivity index is 0.000000144. The molecule has 0 atom stereocenters. The fourth-order valence-electron chi connectivity index (χ4n) is 1.72. The number of hydrogen-bond acceptors (Lipinski definition) is 2. The third-order valence-corrected chi connectivity index (χ3v) is 2.75. The number of para-hydroxylation sites is 4. The van der Waals surface area contributed by atoms with E-state index in [1.54, 1.807) is 0 Å². The summed E-state index contributed by atoms with van der Waals surface area (Å²) in [6.07, 6.45) is 0. The van der Waals surface area contributed by atoms with E-state index in [-0.39, 0.29) is 0 Å². The zero-order chi connectivity index (χ0) is 13.6. The van der Waals surface area contributed by atoms with E-state index in [2.05, 4.69) is 0 Å². The topological polar surface area (TPSA) is 21.8 Å².